The first-order chi connectivity index (χ1) is 10.3. The zero-order valence-electron chi connectivity index (χ0n) is 11.2. The van der Waals surface area contributed by atoms with Crippen LogP contribution in [0.5, 0.6) is 0 Å². The van der Waals surface area contributed by atoms with Gasteiger partial charge in [0.25, 0.3) is 0 Å². The molecule has 100 valence electrons. The van der Waals surface area contributed by atoms with Crippen LogP contribution in [0, 0.1) is 11.3 Å². The van der Waals surface area contributed by atoms with Crippen molar-refractivity contribution in [1.29, 1.82) is 5.26 Å². The fourth-order valence-corrected chi connectivity index (χ4v) is 2.47. The number of rotatable bonds is 1. The summed E-state index contributed by atoms with van der Waals surface area (Å²) in [6, 6.07) is 19.5. The summed E-state index contributed by atoms with van der Waals surface area (Å²) in [5.41, 5.74) is 4.54. The van der Waals surface area contributed by atoms with Crippen LogP contribution in [-0.4, -0.2) is 10.9 Å². The average molecular weight is 272 g/mol. The van der Waals surface area contributed by atoms with Crippen LogP contribution in [0.2, 0.25) is 0 Å². The van der Waals surface area contributed by atoms with E-state index in [4.69, 9.17) is 5.21 Å². The van der Waals surface area contributed by atoms with Gasteiger partial charge in [-0.2, -0.15) is 5.26 Å². The molecule has 1 N–H and O–H groups in total. The molecule has 0 heterocycles. The first kappa shape index (κ1) is 12.9. The van der Waals surface area contributed by atoms with Gasteiger partial charge in [-0.15, -0.1) is 0 Å². The fraction of sp³-hybridized carbons (Fsp3) is 0. The van der Waals surface area contributed by atoms with E-state index < -0.39 is 0 Å². The molecule has 3 rings (SSSR count). The predicted molar refractivity (Wildman–Crippen MR) is 82.8 cm³/mol. The average Bonchev–Trinajstić information content (AvgIpc) is 2.56. The number of benzene rings is 2. The molecule has 0 spiro atoms. The third kappa shape index (κ3) is 2.24. The van der Waals surface area contributed by atoms with Crippen LogP contribution in [0.3, 0.4) is 0 Å². The molecule has 21 heavy (non-hydrogen) atoms. The molecule has 0 atom stereocenters. The van der Waals surface area contributed by atoms with Crippen molar-refractivity contribution in [3.05, 3.63) is 83.4 Å². The number of allylic oxidation sites excluding steroid dienone is 4. The predicted octanol–water partition coefficient (Wildman–Crippen LogP) is 3.87. The molecule has 3 heteroatoms. The van der Waals surface area contributed by atoms with Crippen LogP contribution in [0.1, 0.15) is 16.7 Å². The van der Waals surface area contributed by atoms with Crippen molar-refractivity contribution < 1.29 is 5.21 Å². The van der Waals surface area contributed by atoms with Gasteiger partial charge in [-0.1, -0.05) is 65.8 Å². The molecule has 0 unspecified atom stereocenters. The summed E-state index contributed by atoms with van der Waals surface area (Å²) >= 11 is 0. The van der Waals surface area contributed by atoms with E-state index in [9.17, 15) is 5.26 Å². The van der Waals surface area contributed by atoms with E-state index in [1.807, 2.05) is 60.7 Å². The summed E-state index contributed by atoms with van der Waals surface area (Å²) in [5.74, 6) is 0. The second-order valence-electron chi connectivity index (χ2n) is 4.63. The summed E-state index contributed by atoms with van der Waals surface area (Å²) in [6.45, 7) is 0. The van der Waals surface area contributed by atoms with Gasteiger partial charge in [0, 0.05) is 11.1 Å². The summed E-state index contributed by atoms with van der Waals surface area (Å²) < 4.78 is 0. The van der Waals surface area contributed by atoms with Crippen LogP contribution >= 0.6 is 0 Å². The lowest BCUT2D eigenvalue weighted by molar-refractivity contribution is 0.320. The van der Waals surface area contributed by atoms with Gasteiger partial charge in [0.15, 0.2) is 0 Å². The Morgan fingerprint density at radius 2 is 1.57 bits per heavy atom. The van der Waals surface area contributed by atoms with E-state index in [2.05, 4.69) is 11.2 Å². The highest BCUT2D eigenvalue weighted by atomic mass is 16.4. The van der Waals surface area contributed by atoms with Gasteiger partial charge >= 0.3 is 0 Å². The normalized spacial score (nSPS) is 17.2. The van der Waals surface area contributed by atoms with Gasteiger partial charge in [0.1, 0.15) is 11.8 Å². The molecule has 3 nitrogen and oxygen atoms in total. The summed E-state index contributed by atoms with van der Waals surface area (Å²) in [7, 11) is 0. The Bertz CT molecular complexity index is 809. The number of nitriles is 1. The Labute approximate surface area is 122 Å². The molecule has 2 aromatic rings. The number of hydrogen-bond donors (Lipinski definition) is 1. The van der Waals surface area contributed by atoms with E-state index in [0.717, 1.165) is 22.3 Å². The molecular weight excluding hydrogens is 260 g/mol. The molecule has 0 saturated carbocycles. The van der Waals surface area contributed by atoms with Crippen LogP contribution in [0.15, 0.2) is 71.9 Å². The summed E-state index contributed by atoms with van der Waals surface area (Å²) in [4.78, 5) is 0. The lowest BCUT2D eigenvalue weighted by Crippen LogP contribution is -2.07. The summed E-state index contributed by atoms with van der Waals surface area (Å²) in [5, 5.41) is 22.0. The molecule has 0 aromatic heterocycles. The number of oxime groups is 1. The Morgan fingerprint density at radius 1 is 0.905 bits per heavy atom. The number of fused-ring (bicyclic) bond motifs is 1. The first-order valence-corrected chi connectivity index (χ1v) is 6.55. The van der Waals surface area contributed by atoms with E-state index in [0.29, 0.717) is 11.3 Å². The zero-order chi connectivity index (χ0) is 14.7. The molecule has 1 aliphatic rings. The second-order valence-corrected chi connectivity index (χ2v) is 4.63. The molecule has 1 aliphatic carbocycles. The van der Waals surface area contributed by atoms with Crippen LogP contribution in [0.25, 0.3) is 11.1 Å². The maximum Gasteiger partial charge on any atom is 0.110 e. The quantitative estimate of drug-likeness (QED) is 0.486. The second kappa shape index (κ2) is 5.48. The Kier molecular flexibility index (Phi) is 3.36. The van der Waals surface area contributed by atoms with Crippen molar-refractivity contribution in [3.8, 4) is 6.07 Å². The van der Waals surface area contributed by atoms with Gasteiger partial charge in [0.05, 0.1) is 5.57 Å². The molecule has 0 saturated heterocycles. The maximum absolute atomic E-state index is 9.56. The highest BCUT2D eigenvalue weighted by Gasteiger charge is 2.18. The van der Waals surface area contributed by atoms with Crippen molar-refractivity contribution in [2.45, 2.75) is 0 Å². The van der Waals surface area contributed by atoms with Crippen molar-refractivity contribution in [2.75, 3.05) is 0 Å². The third-order valence-electron chi connectivity index (χ3n) is 3.45. The first-order valence-electron chi connectivity index (χ1n) is 6.55. The number of nitrogens with zero attached hydrogens (tertiary/aromatic N) is 2. The topological polar surface area (TPSA) is 56.4 Å². The number of hydrogen-bond acceptors (Lipinski definition) is 3. The standard InChI is InChI=1S/C18H12N2O/c19-12-17(13-6-2-1-3-7-13)15-10-11-18(20-21)16-9-5-4-8-14(15)16/h1-11,21H/b17-15?,20-18+. The van der Waals surface area contributed by atoms with E-state index in [-0.39, 0.29) is 0 Å². The van der Waals surface area contributed by atoms with Gasteiger partial charge in [-0.3, -0.25) is 0 Å². The van der Waals surface area contributed by atoms with E-state index in [1.54, 1.807) is 6.08 Å². The SMILES string of the molecule is N#CC(=C1C=C/C(=N\O)c2ccccc21)c1ccccc1. The molecule has 0 aliphatic heterocycles. The minimum Gasteiger partial charge on any atom is -0.410 e. The molecule has 0 amide bonds. The van der Waals surface area contributed by atoms with Gasteiger partial charge in [-0.05, 0) is 17.2 Å². The highest BCUT2D eigenvalue weighted by molar-refractivity contribution is 6.18. The van der Waals surface area contributed by atoms with Crippen LogP contribution in [0.4, 0.5) is 0 Å². The van der Waals surface area contributed by atoms with Crippen molar-refractivity contribution in [2.24, 2.45) is 5.16 Å². The van der Waals surface area contributed by atoms with Gasteiger partial charge in [-0.25, -0.2) is 0 Å². The fourth-order valence-electron chi connectivity index (χ4n) is 2.47. The molecule has 0 radical (unpaired) electrons. The molecule has 0 fully saturated rings. The summed E-state index contributed by atoms with van der Waals surface area (Å²) in [6.07, 6.45) is 3.54. The van der Waals surface area contributed by atoms with E-state index >= 15 is 0 Å². The Hall–Kier alpha value is -3.12. The van der Waals surface area contributed by atoms with Crippen LogP contribution in [-0.2, 0) is 0 Å². The van der Waals surface area contributed by atoms with Gasteiger partial charge < -0.3 is 5.21 Å². The molecule has 0 bridgehead atoms. The minimum atomic E-state index is 0.500. The largest absolute Gasteiger partial charge is 0.410 e. The Morgan fingerprint density at radius 3 is 2.24 bits per heavy atom. The maximum atomic E-state index is 9.56. The van der Waals surface area contributed by atoms with Crippen molar-refractivity contribution in [1.82, 2.24) is 0 Å². The lowest BCUT2D eigenvalue weighted by atomic mass is 9.87. The van der Waals surface area contributed by atoms with Crippen LogP contribution < -0.4 is 0 Å². The third-order valence-corrected chi connectivity index (χ3v) is 3.45. The van der Waals surface area contributed by atoms with Crippen molar-refractivity contribution >= 4 is 16.9 Å². The smallest absolute Gasteiger partial charge is 0.110 e. The van der Waals surface area contributed by atoms with E-state index in [1.165, 1.54) is 0 Å². The lowest BCUT2D eigenvalue weighted by Gasteiger charge is -2.16. The highest BCUT2D eigenvalue weighted by Crippen LogP contribution is 2.32. The van der Waals surface area contributed by atoms with Gasteiger partial charge in [0.2, 0.25) is 0 Å². The monoisotopic (exact) mass is 272 g/mol. The zero-order valence-corrected chi connectivity index (χ0v) is 11.2. The van der Waals surface area contributed by atoms with Crippen molar-refractivity contribution in [3.63, 3.8) is 0 Å². The molecular formula is C18H12N2O. The Balaban J connectivity index is 2.28. The molecule has 2 aromatic carbocycles. The minimum absolute atomic E-state index is 0.500.